The highest BCUT2D eigenvalue weighted by molar-refractivity contribution is 7.80. The van der Waals surface area contributed by atoms with Crippen molar-refractivity contribution in [2.24, 2.45) is 0 Å². The molecule has 18 heavy (non-hydrogen) atoms. The molecule has 2 aromatic carbocycles. The van der Waals surface area contributed by atoms with Gasteiger partial charge >= 0.3 is 0 Å². The molecule has 88 valence electrons. The molecule has 0 spiro atoms. The Bertz CT molecular complexity index is 588. The zero-order chi connectivity index (χ0) is 12.8. The minimum absolute atomic E-state index is 0.0318. The van der Waals surface area contributed by atoms with Gasteiger partial charge in [0.05, 0.1) is 5.75 Å². The first kappa shape index (κ1) is 12.5. The van der Waals surface area contributed by atoms with E-state index in [0.717, 1.165) is 5.56 Å². The Morgan fingerprint density at radius 3 is 2.17 bits per heavy atom. The number of benzene rings is 2. The molecule has 2 aromatic rings. The molecular formula is C16H12OS. The van der Waals surface area contributed by atoms with E-state index in [-0.39, 0.29) is 5.78 Å². The van der Waals surface area contributed by atoms with Gasteiger partial charge in [-0.1, -0.05) is 42.2 Å². The third-order valence-electron chi connectivity index (χ3n) is 2.49. The fraction of sp³-hybridized carbons (Fsp3) is 0.0625. The first-order chi connectivity index (χ1) is 8.81. The fourth-order valence-electron chi connectivity index (χ4n) is 1.60. The van der Waals surface area contributed by atoms with Crippen LogP contribution in [0.1, 0.15) is 21.5 Å². The van der Waals surface area contributed by atoms with E-state index in [2.05, 4.69) is 24.5 Å². The highest BCUT2D eigenvalue weighted by atomic mass is 32.1. The first-order valence-electron chi connectivity index (χ1n) is 5.61. The van der Waals surface area contributed by atoms with Gasteiger partial charge in [-0.05, 0) is 24.3 Å². The van der Waals surface area contributed by atoms with Crippen LogP contribution < -0.4 is 0 Å². The molecular weight excluding hydrogens is 240 g/mol. The van der Waals surface area contributed by atoms with Crippen LogP contribution in [0.25, 0.3) is 0 Å². The van der Waals surface area contributed by atoms with E-state index in [1.54, 1.807) is 12.1 Å². The second kappa shape index (κ2) is 6.09. The Labute approximate surface area is 112 Å². The smallest absolute Gasteiger partial charge is 0.193 e. The number of carbonyl (C=O) groups is 1. The summed E-state index contributed by atoms with van der Waals surface area (Å²) in [7, 11) is 0. The SMILES string of the molecule is O=C(c1ccccc1)c1ccc(C#CCS)cc1. The summed E-state index contributed by atoms with van der Waals surface area (Å²) in [5, 5.41) is 0. The fourth-order valence-corrected chi connectivity index (χ4v) is 1.68. The molecule has 2 rings (SSSR count). The van der Waals surface area contributed by atoms with Crippen LogP contribution in [0.2, 0.25) is 0 Å². The number of ketones is 1. The van der Waals surface area contributed by atoms with Crippen molar-refractivity contribution in [2.75, 3.05) is 5.75 Å². The molecule has 0 bridgehead atoms. The lowest BCUT2D eigenvalue weighted by Gasteiger charge is -2.00. The van der Waals surface area contributed by atoms with E-state index >= 15 is 0 Å². The van der Waals surface area contributed by atoms with Crippen molar-refractivity contribution in [3.05, 3.63) is 71.3 Å². The highest BCUT2D eigenvalue weighted by Gasteiger charge is 2.07. The standard InChI is InChI=1S/C16H12OS/c17-16(14-6-2-1-3-7-14)15-10-8-13(9-11-15)5-4-12-18/h1-3,6-11,18H,12H2. The largest absolute Gasteiger partial charge is 0.289 e. The predicted octanol–water partition coefficient (Wildman–Crippen LogP) is 3.20. The Morgan fingerprint density at radius 1 is 0.944 bits per heavy atom. The Kier molecular flexibility index (Phi) is 4.22. The van der Waals surface area contributed by atoms with Crippen molar-refractivity contribution in [1.29, 1.82) is 0 Å². The van der Waals surface area contributed by atoms with Gasteiger partial charge in [-0.25, -0.2) is 0 Å². The van der Waals surface area contributed by atoms with E-state index in [0.29, 0.717) is 16.9 Å². The molecule has 1 nitrogen and oxygen atoms in total. The van der Waals surface area contributed by atoms with Crippen LogP contribution in [0, 0.1) is 11.8 Å². The molecule has 0 aliphatic heterocycles. The number of hydrogen-bond acceptors (Lipinski definition) is 2. The van der Waals surface area contributed by atoms with Crippen LogP contribution in [0.15, 0.2) is 54.6 Å². The number of thiol groups is 1. The monoisotopic (exact) mass is 252 g/mol. The van der Waals surface area contributed by atoms with Crippen LogP contribution in [-0.4, -0.2) is 11.5 Å². The third-order valence-corrected chi connectivity index (χ3v) is 2.65. The van der Waals surface area contributed by atoms with E-state index in [1.165, 1.54) is 0 Å². The summed E-state index contributed by atoms with van der Waals surface area (Å²) in [6, 6.07) is 16.6. The Hall–Kier alpha value is -1.98. The quantitative estimate of drug-likeness (QED) is 0.493. The summed E-state index contributed by atoms with van der Waals surface area (Å²) in [6.45, 7) is 0. The van der Waals surface area contributed by atoms with Gasteiger partial charge in [0, 0.05) is 16.7 Å². The van der Waals surface area contributed by atoms with Crippen molar-refractivity contribution in [2.45, 2.75) is 0 Å². The molecule has 0 aliphatic carbocycles. The predicted molar refractivity (Wildman–Crippen MR) is 77.0 cm³/mol. The topological polar surface area (TPSA) is 17.1 Å². The van der Waals surface area contributed by atoms with Gasteiger partial charge in [-0.15, -0.1) is 0 Å². The summed E-state index contributed by atoms with van der Waals surface area (Å²) < 4.78 is 0. The highest BCUT2D eigenvalue weighted by Crippen LogP contribution is 2.10. The minimum atomic E-state index is 0.0318. The molecule has 0 atom stereocenters. The molecule has 0 N–H and O–H groups in total. The van der Waals surface area contributed by atoms with Gasteiger partial charge in [0.2, 0.25) is 0 Å². The van der Waals surface area contributed by atoms with Gasteiger partial charge in [0.25, 0.3) is 0 Å². The van der Waals surface area contributed by atoms with Crippen LogP contribution in [0.4, 0.5) is 0 Å². The molecule has 2 heteroatoms. The van der Waals surface area contributed by atoms with Crippen LogP contribution >= 0.6 is 12.6 Å². The first-order valence-corrected chi connectivity index (χ1v) is 6.24. The Morgan fingerprint density at radius 2 is 1.56 bits per heavy atom. The number of hydrogen-bond donors (Lipinski definition) is 1. The molecule has 0 aliphatic rings. The maximum atomic E-state index is 12.1. The van der Waals surface area contributed by atoms with E-state index in [9.17, 15) is 4.79 Å². The minimum Gasteiger partial charge on any atom is -0.289 e. The van der Waals surface area contributed by atoms with Crippen molar-refractivity contribution >= 4 is 18.4 Å². The van der Waals surface area contributed by atoms with E-state index < -0.39 is 0 Å². The summed E-state index contributed by atoms with van der Waals surface area (Å²) in [6.07, 6.45) is 0. The Balaban J connectivity index is 2.22. The number of rotatable bonds is 2. The van der Waals surface area contributed by atoms with Gasteiger partial charge in [0.1, 0.15) is 0 Å². The average Bonchev–Trinajstić information content (AvgIpc) is 2.46. The maximum Gasteiger partial charge on any atom is 0.193 e. The van der Waals surface area contributed by atoms with Crippen LogP contribution in [-0.2, 0) is 0 Å². The lowest BCUT2D eigenvalue weighted by Crippen LogP contribution is -2.00. The molecule has 0 aromatic heterocycles. The molecule has 0 heterocycles. The molecule has 0 radical (unpaired) electrons. The normalized spacial score (nSPS) is 9.39. The molecule has 0 saturated carbocycles. The van der Waals surface area contributed by atoms with Crippen molar-refractivity contribution in [3.8, 4) is 11.8 Å². The lowest BCUT2D eigenvalue weighted by atomic mass is 10.0. The zero-order valence-electron chi connectivity index (χ0n) is 9.76. The van der Waals surface area contributed by atoms with Crippen molar-refractivity contribution in [3.63, 3.8) is 0 Å². The van der Waals surface area contributed by atoms with Crippen LogP contribution in [0.5, 0.6) is 0 Å². The summed E-state index contributed by atoms with van der Waals surface area (Å²) in [5.41, 5.74) is 2.28. The molecule has 0 unspecified atom stereocenters. The van der Waals surface area contributed by atoms with E-state index in [1.807, 2.05) is 42.5 Å². The molecule has 0 fully saturated rings. The second-order valence-corrected chi connectivity index (χ2v) is 4.05. The molecule has 0 amide bonds. The zero-order valence-corrected chi connectivity index (χ0v) is 10.7. The van der Waals surface area contributed by atoms with Crippen molar-refractivity contribution in [1.82, 2.24) is 0 Å². The third kappa shape index (κ3) is 3.03. The van der Waals surface area contributed by atoms with Gasteiger partial charge in [-0.2, -0.15) is 12.6 Å². The lowest BCUT2D eigenvalue weighted by molar-refractivity contribution is 0.103. The summed E-state index contributed by atoms with van der Waals surface area (Å²) >= 11 is 4.02. The summed E-state index contributed by atoms with van der Waals surface area (Å²) in [4.78, 5) is 12.1. The van der Waals surface area contributed by atoms with Gasteiger partial charge < -0.3 is 0 Å². The molecule has 0 saturated heterocycles. The van der Waals surface area contributed by atoms with Crippen LogP contribution in [0.3, 0.4) is 0 Å². The maximum absolute atomic E-state index is 12.1. The number of carbonyl (C=O) groups excluding carboxylic acids is 1. The van der Waals surface area contributed by atoms with Crippen molar-refractivity contribution < 1.29 is 4.79 Å². The van der Waals surface area contributed by atoms with Gasteiger partial charge in [-0.3, -0.25) is 4.79 Å². The van der Waals surface area contributed by atoms with E-state index in [4.69, 9.17) is 0 Å². The average molecular weight is 252 g/mol. The second-order valence-electron chi connectivity index (χ2n) is 3.73. The summed E-state index contributed by atoms with van der Waals surface area (Å²) in [5.74, 6) is 6.40. The van der Waals surface area contributed by atoms with Gasteiger partial charge in [0.15, 0.2) is 5.78 Å².